The fourth-order valence-corrected chi connectivity index (χ4v) is 3.20. The van der Waals surface area contributed by atoms with Crippen LogP contribution in [0.4, 0.5) is 0 Å². The molecule has 0 spiro atoms. The molecule has 1 aliphatic rings. The molecule has 0 fully saturated rings. The zero-order valence-electron chi connectivity index (χ0n) is 15.1. The SMILES string of the molecule is Cc1ccc(/C=C2\Oc3cc(OC(=O)c4ccccc4Cl)cc(C)c3C2=O)o1. The molecular formula is C22H15ClO5. The van der Waals surface area contributed by atoms with Crippen LogP contribution in [-0.4, -0.2) is 11.8 Å². The second-order valence-electron chi connectivity index (χ2n) is 6.37. The van der Waals surface area contributed by atoms with Gasteiger partial charge in [0.25, 0.3) is 0 Å². The quantitative estimate of drug-likeness (QED) is 0.338. The maximum absolute atomic E-state index is 12.7. The second-order valence-corrected chi connectivity index (χ2v) is 6.78. The molecule has 28 heavy (non-hydrogen) atoms. The van der Waals surface area contributed by atoms with Gasteiger partial charge in [0.05, 0.1) is 16.1 Å². The molecule has 3 aromatic rings. The van der Waals surface area contributed by atoms with Gasteiger partial charge in [-0.3, -0.25) is 4.79 Å². The van der Waals surface area contributed by atoms with E-state index in [0.29, 0.717) is 27.7 Å². The lowest BCUT2D eigenvalue weighted by Gasteiger charge is -2.08. The number of carbonyl (C=O) groups is 2. The van der Waals surface area contributed by atoms with E-state index in [0.717, 1.165) is 5.76 Å². The Kier molecular flexibility index (Phi) is 4.53. The summed E-state index contributed by atoms with van der Waals surface area (Å²) in [5.41, 5.74) is 1.34. The third-order valence-corrected chi connectivity index (χ3v) is 4.61. The van der Waals surface area contributed by atoms with Crippen molar-refractivity contribution in [2.45, 2.75) is 13.8 Å². The number of rotatable bonds is 3. The number of fused-ring (bicyclic) bond motifs is 1. The Morgan fingerprint density at radius 2 is 1.89 bits per heavy atom. The molecule has 0 radical (unpaired) electrons. The van der Waals surface area contributed by atoms with Gasteiger partial charge in [-0.1, -0.05) is 23.7 Å². The first-order chi connectivity index (χ1) is 13.4. The highest BCUT2D eigenvalue weighted by molar-refractivity contribution is 6.33. The maximum Gasteiger partial charge on any atom is 0.345 e. The van der Waals surface area contributed by atoms with Gasteiger partial charge in [0.2, 0.25) is 5.78 Å². The zero-order chi connectivity index (χ0) is 19.8. The van der Waals surface area contributed by atoms with E-state index in [4.69, 9.17) is 25.5 Å². The average Bonchev–Trinajstić information content (AvgIpc) is 3.19. The third-order valence-electron chi connectivity index (χ3n) is 4.28. The lowest BCUT2D eigenvalue weighted by Crippen LogP contribution is -2.09. The number of ketones is 1. The van der Waals surface area contributed by atoms with Crippen molar-refractivity contribution in [3.8, 4) is 11.5 Å². The molecule has 0 amide bonds. The Labute approximate surface area is 166 Å². The van der Waals surface area contributed by atoms with Gasteiger partial charge < -0.3 is 13.9 Å². The van der Waals surface area contributed by atoms with E-state index >= 15 is 0 Å². The van der Waals surface area contributed by atoms with E-state index in [1.807, 2.05) is 6.92 Å². The summed E-state index contributed by atoms with van der Waals surface area (Å²) in [6, 6.07) is 13.3. The Bertz CT molecular complexity index is 1140. The van der Waals surface area contributed by atoms with Gasteiger partial charge in [-0.05, 0) is 49.7 Å². The summed E-state index contributed by atoms with van der Waals surface area (Å²) in [4.78, 5) is 25.0. The van der Waals surface area contributed by atoms with Gasteiger partial charge in [-0.25, -0.2) is 4.79 Å². The van der Waals surface area contributed by atoms with Crippen molar-refractivity contribution in [2.24, 2.45) is 0 Å². The van der Waals surface area contributed by atoms with Gasteiger partial charge in [-0.2, -0.15) is 0 Å². The van der Waals surface area contributed by atoms with Crippen LogP contribution in [0.15, 0.2) is 58.7 Å². The molecule has 6 heteroatoms. The molecule has 0 unspecified atom stereocenters. The Morgan fingerprint density at radius 1 is 1.11 bits per heavy atom. The van der Waals surface area contributed by atoms with Crippen molar-refractivity contribution in [1.82, 2.24) is 0 Å². The number of carbonyl (C=O) groups excluding carboxylic acids is 2. The van der Waals surface area contributed by atoms with Crippen LogP contribution in [0.25, 0.3) is 6.08 Å². The van der Waals surface area contributed by atoms with Crippen LogP contribution in [-0.2, 0) is 0 Å². The number of Topliss-reactive ketones (excluding diaryl/α,β-unsaturated/α-hetero) is 1. The van der Waals surface area contributed by atoms with Gasteiger partial charge in [-0.15, -0.1) is 0 Å². The van der Waals surface area contributed by atoms with Crippen molar-refractivity contribution in [1.29, 1.82) is 0 Å². The van der Waals surface area contributed by atoms with Crippen molar-refractivity contribution in [3.05, 3.63) is 87.5 Å². The molecule has 2 aromatic carbocycles. The Hall–Kier alpha value is -3.31. The predicted molar refractivity (Wildman–Crippen MR) is 104 cm³/mol. The molecule has 2 heterocycles. The molecule has 0 bridgehead atoms. The number of furan rings is 1. The van der Waals surface area contributed by atoms with Crippen molar-refractivity contribution >= 4 is 29.4 Å². The second kappa shape index (κ2) is 7.02. The van der Waals surface area contributed by atoms with Gasteiger partial charge >= 0.3 is 5.97 Å². The molecule has 0 atom stereocenters. The highest BCUT2D eigenvalue weighted by Gasteiger charge is 2.30. The lowest BCUT2D eigenvalue weighted by molar-refractivity contribution is 0.0734. The van der Waals surface area contributed by atoms with E-state index in [1.54, 1.807) is 55.5 Å². The number of aryl methyl sites for hydroxylation is 2. The van der Waals surface area contributed by atoms with Crippen LogP contribution < -0.4 is 9.47 Å². The van der Waals surface area contributed by atoms with Gasteiger partial charge in [0, 0.05) is 12.1 Å². The molecule has 0 aliphatic carbocycles. The number of halogens is 1. The smallest absolute Gasteiger partial charge is 0.345 e. The first kappa shape index (κ1) is 18.1. The monoisotopic (exact) mass is 394 g/mol. The molecule has 0 saturated carbocycles. The molecule has 1 aromatic heterocycles. The highest BCUT2D eigenvalue weighted by Crippen LogP contribution is 2.38. The molecule has 140 valence electrons. The molecule has 1 aliphatic heterocycles. The minimum Gasteiger partial charge on any atom is -0.462 e. The summed E-state index contributed by atoms with van der Waals surface area (Å²) in [5, 5.41) is 0.302. The molecule has 0 saturated heterocycles. The average molecular weight is 395 g/mol. The van der Waals surface area contributed by atoms with E-state index in [-0.39, 0.29) is 22.9 Å². The van der Waals surface area contributed by atoms with Crippen LogP contribution in [0.1, 0.15) is 37.8 Å². The number of allylic oxidation sites excluding steroid dienone is 1. The minimum absolute atomic E-state index is 0.155. The van der Waals surface area contributed by atoms with Crippen LogP contribution in [0.3, 0.4) is 0 Å². The largest absolute Gasteiger partial charge is 0.462 e. The summed E-state index contributed by atoms with van der Waals surface area (Å²) in [6.07, 6.45) is 1.55. The number of esters is 1. The zero-order valence-corrected chi connectivity index (χ0v) is 15.9. The van der Waals surface area contributed by atoms with E-state index < -0.39 is 5.97 Å². The first-order valence-corrected chi connectivity index (χ1v) is 8.92. The summed E-state index contributed by atoms with van der Waals surface area (Å²) in [7, 11) is 0. The summed E-state index contributed by atoms with van der Waals surface area (Å²) < 4.78 is 16.6. The lowest BCUT2D eigenvalue weighted by atomic mass is 10.0. The molecule has 5 nitrogen and oxygen atoms in total. The van der Waals surface area contributed by atoms with Crippen molar-refractivity contribution < 1.29 is 23.5 Å². The number of benzene rings is 2. The summed E-state index contributed by atoms with van der Waals surface area (Å²) >= 11 is 6.04. The standard InChI is InChI=1S/C22H15ClO5/c1-12-9-15(27-22(25)16-5-3-4-6-17(16)23)11-18-20(12)21(24)19(28-18)10-14-8-7-13(2)26-14/h3-11H,1-2H3/b19-10-. The van der Waals surface area contributed by atoms with Crippen molar-refractivity contribution in [2.75, 3.05) is 0 Å². The normalized spacial score (nSPS) is 14.1. The van der Waals surface area contributed by atoms with E-state index in [2.05, 4.69) is 0 Å². The van der Waals surface area contributed by atoms with Gasteiger partial charge in [0.15, 0.2) is 5.76 Å². The molecule has 4 rings (SSSR count). The van der Waals surface area contributed by atoms with Crippen LogP contribution in [0.2, 0.25) is 5.02 Å². The Morgan fingerprint density at radius 3 is 2.61 bits per heavy atom. The molecule has 0 N–H and O–H groups in total. The summed E-state index contributed by atoms with van der Waals surface area (Å²) in [5.74, 6) is 1.19. The number of ether oxygens (including phenoxy) is 2. The third kappa shape index (κ3) is 3.32. The van der Waals surface area contributed by atoms with Crippen LogP contribution in [0, 0.1) is 13.8 Å². The topological polar surface area (TPSA) is 65.7 Å². The first-order valence-electron chi connectivity index (χ1n) is 8.54. The summed E-state index contributed by atoms with van der Waals surface area (Å²) in [6.45, 7) is 3.57. The van der Waals surface area contributed by atoms with Gasteiger partial charge in [0.1, 0.15) is 23.0 Å². The number of hydrogen-bond acceptors (Lipinski definition) is 5. The van der Waals surface area contributed by atoms with E-state index in [9.17, 15) is 9.59 Å². The van der Waals surface area contributed by atoms with Crippen LogP contribution in [0.5, 0.6) is 11.5 Å². The highest BCUT2D eigenvalue weighted by atomic mass is 35.5. The fourth-order valence-electron chi connectivity index (χ4n) is 2.99. The maximum atomic E-state index is 12.7. The van der Waals surface area contributed by atoms with Crippen molar-refractivity contribution in [3.63, 3.8) is 0 Å². The number of hydrogen-bond donors (Lipinski definition) is 0. The van der Waals surface area contributed by atoms with E-state index in [1.165, 1.54) is 6.07 Å². The van der Waals surface area contributed by atoms with Crippen LogP contribution >= 0.6 is 11.6 Å². The predicted octanol–water partition coefficient (Wildman–Crippen LogP) is 5.39. The molecular weight excluding hydrogens is 380 g/mol. The fraction of sp³-hybridized carbons (Fsp3) is 0.0909. The Balaban J connectivity index is 1.62. The minimum atomic E-state index is -0.587.